The van der Waals surface area contributed by atoms with E-state index in [0.29, 0.717) is 0 Å². The van der Waals surface area contributed by atoms with Crippen LogP contribution in [0.5, 0.6) is 0 Å². The van der Waals surface area contributed by atoms with Crippen molar-refractivity contribution in [2.45, 2.75) is 0 Å². The molecule has 43 valence electrons. The predicted molar refractivity (Wildman–Crippen MR) is 34.0 cm³/mol. The number of aromatic amines is 1. The molecule has 0 fully saturated rings. The van der Waals surface area contributed by atoms with Gasteiger partial charge >= 0.3 is 0 Å². The van der Waals surface area contributed by atoms with Gasteiger partial charge in [0.2, 0.25) is 0 Å². The van der Waals surface area contributed by atoms with Crippen molar-refractivity contribution in [1.82, 2.24) is 9.97 Å². The van der Waals surface area contributed by atoms with E-state index in [9.17, 15) is 0 Å². The number of H-pyrrole nitrogens is 1. The van der Waals surface area contributed by atoms with E-state index in [1.54, 1.807) is 12.4 Å². The van der Waals surface area contributed by atoms with Crippen molar-refractivity contribution in [3.63, 3.8) is 0 Å². The minimum absolute atomic E-state index is 1.06. The van der Waals surface area contributed by atoms with Gasteiger partial charge in [-0.15, -0.1) is 0 Å². The molecule has 0 atom stereocenters. The largest absolute Gasteiger partial charge is 0.359 e. The molecule has 0 amide bonds. The fourth-order valence-corrected chi connectivity index (χ4v) is 0.823. The quantitative estimate of drug-likeness (QED) is 0.553. The summed E-state index contributed by atoms with van der Waals surface area (Å²) in [6, 6.07) is 4.83. The second kappa shape index (κ2) is 1.58. The lowest BCUT2D eigenvalue weighted by Gasteiger charge is -1.91. The van der Waals surface area contributed by atoms with Crippen LogP contribution in [0.4, 0.5) is 0 Å². The molecule has 2 heteroatoms. The van der Waals surface area contributed by atoms with E-state index < -0.39 is 0 Å². The van der Waals surface area contributed by atoms with Crippen molar-refractivity contribution >= 4 is 0 Å². The highest BCUT2D eigenvalue weighted by molar-refractivity contribution is 5.58. The zero-order chi connectivity index (χ0) is 6.10. The molecule has 9 heavy (non-hydrogen) atoms. The fraction of sp³-hybridized carbons (Fsp3) is 0. The molecule has 2 rings (SSSR count). The summed E-state index contributed by atoms with van der Waals surface area (Å²) in [6.07, 6.45) is 5.37. The van der Waals surface area contributed by atoms with Crippen LogP contribution in [0.15, 0.2) is 24.7 Å². The van der Waals surface area contributed by atoms with Gasteiger partial charge in [0, 0.05) is 18.0 Å². The van der Waals surface area contributed by atoms with Gasteiger partial charge in [0.05, 0.1) is 11.9 Å². The van der Waals surface area contributed by atoms with Gasteiger partial charge in [-0.1, -0.05) is 0 Å². The first-order valence-electron chi connectivity index (χ1n) is 2.75. The Morgan fingerprint density at radius 1 is 1.44 bits per heavy atom. The molecular weight excluding hydrogens is 112 g/mol. The average molecular weight is 117 g/mol. The van der Waals surface area contributed by atoms with Crippen LogP contribution >= 0.6 is 0 Å². The summed E-state index contributed by atoms with van der Waals surface area (Å²) in [6.45, 7) is 0. The highest BCUT2D eigenvalue weighted by Gasteiger charge is 1.97. The van der Waals surface area contributed by atoms with Gasteiger partial charge in [0.1, 0.15) is 0 Å². The highest BCUT2D eigenvalue weighted by Crippen LogP contribution is 2.15. The van der Waals surface area contributed by atoms with Gasteiger partial charge in [-0.05, 0) is 12.1 Å². The molecule has 1 N–H and O–H groups in total. The summed E-state index contributed by atoms with van der Waals surface area (Å²) < 4.78 is 0. The normalized spacial score (nSPS) is 10.2. The number of pyridine rings is 1. The van der Waals surface area contributed by atoms with Gasteiger partial charge in [-0.25, -0.2) is 0 Å². The molecule has 0 aromatic rings. The van der Waals surface area contributed by atoms with Crippen molar-refractivity contribution in [2.24, 2.45) is 0 Å². The summed E-state index contributed by atoms with van der Waals surface area (Å²) in [5, 5.41) is 0. The van der Waals surface area contributed by atoms with Gasteiger partial charge in [-0.2, -0.15) is 0 Å². The van der Waals surface area contributed by atoms with E-state index >= 15 is 0 Å². The van der Waals surface area contributed by atoms with Crippen LogP contribution in [0, 0.1) is 6.07 Å². The topological polar surface area (TPSA) is 28.7 Å². The summed E-state index contributed by atoms with van der Waals surface area (Å²) in [4.78, 5) is 6.96. The van der Waals surface area contributed by atoms with Crippen LogP contribution in [-0.4, -0.2) is 9.97 Å². The molecule has 0 bridgehead atoms. The van der Waals surface area contributed by atoms with Crippen molar-refractivity contribution in [2.75, 3.05) is 0 Å². The maximum absolute atomic E-state index is 3.95. The van der Waals surface area contributed by atoms with Crippen LogP contribution in [0.2, 0.25) is 0 Å². The Kier molecular flexibility index (Phi) is 0.803. The minimum Gasteiger partial charge on any atom is -0.359 e. The third kappa shape index (κ3) is 0.598. The summed E-state index contributed by atoms with van der Waals surface area (Å²) in [7, 11) is 0. The number of hydrogen-bond donors (Lipinski definition) is 1. The minimum atomic E-state index is 1.06. The molecule has 0 unspecified atom stereocenters. The molecule has 0 aromatic carbocycles. The van der Waals surface area contributed by atoms with Crippen LogP contribution in [0.25, 0.3) is 11.3 Å². The third-order valence-corrected chi connectivity index (χ3v) is 1.28. The van der Waals surface area contributed by atoms with Crippen molar-refractivity contribution < 1.29 is 0 Å². The van der Waals surface area contributed by atoms with Gasteiger partial charge in [0.25, 0.3) is 0 Å². The molecule has 2 aliphatic heterocycles. The monoisotopic (exact) mass is 117 g/mol. The first-order chi connectivity index (χ1) is 4.47. The molecule has 0 saturated carbocycles. The van der Waals surface area contributed by atoms with Crippen molar-refractivity contribution in [3.05, 3.63) is 30.7 Å². The number of aromatic nitrogens is 2. The Labute approximate surface area is 52.9 Å². The highest BCUT2D eigenvalue weighted by atomic mass is 14.7. The summed E-state index contributed by atoms with van der Waals surface area (Å²) in [5.41, 5.74) is 2.17. The summed E-state index contributed by atoms with van der Waals surface area (Å²) in [5.74, 6) is 0. The zero-order valence-electron chi connectivity index (χ0n) is 4.76. The molecule has 2 heterocycles. The molecule has 0 aliphatic carbocycles. The predicted octanol–water partition coefficient (Wildman–Crippen LogP) is 1.31. The molecule has 0 spiro atoms. The van der Waals surface area contributed by atoms with Gasteiger partial charge in [-0.3, -0.25) is 4.98 Å². The molecule has 0 saturated heterocycles. The number of fused-ring (bicyclic) bond motifs is 1. The first-order valence-corrected chi connectivity index (χ1v) is 2.75. The SMILES string of the molecule is [c]1c[nH]c2cncc-2c1. The maximum atomic E-state index is 3.95. The van der Waals surface area contributed by atoms with Crippen molar-refractivity contribution in [1.29, 1.82) is 0 Å². The van der Waals surface area contributed by atoms with E-state index in [1.165, 1.54) is 0 Å². The van der Waals surface area contributed by atoms with E-state index in [0.717, 1.165) is 11.3 Å². The Bertz CT molecular complexity index is 247. The third-order valence-electron chi connectivity index (χ3n) is 1.28. The lowest BCUT2D eigenvalue weighted by molar-refractivity contribution is 1.32. The number of rotatable bonds is 0. The Balaban J connectivity index is 2.79. The molecule has 2 aliphatic rings. The van der Waals surface area contributed by atoms with Crippen LogP contribution in [0.1, 0.15) is 0 Å². The Hall–Kier alpha value is -1.31. The Morgan fingerprint density at radius 2 is 2.44 bits per heavy atom. The van der Waals surface area contributed by atoms with E-state index in [4.69, 9.17) is 0 Å². The average Bonchev–Trinajstić information content (AvgIpc) is 2.33. The molecule has 1 radical (unpaired) electrons. The maximum Gasteiger partial charge on any atom is 0.0655 e. The molecule has 0 aromatic heterocycles. The van der Waals surface area contributed by atoms with Gasteiger partial charge < -0.3 is 4.98 Å². The number of nitrogens with zero attached hydrogens (tertiary/aromatic N) is 1. The first kappa shape index (κ1) is 4.56. The standard InChI is InChI=1S/C7H5N2/c1-2-6-4-8-5-7(6)9-3-1/h2-5,9H. The van der Waals surface area contributed by atoms with E-state index in [2.05, 4.69) is 16.0 Å². The smallest absolute Gasteiger partial charge is 0.0655 e. The van der Waals surface area contributed by atoms with Gasteiger partial charge in [0.15, 0.2) is 0 Å². The van der Waals surface area contributed by atoms with Crippen LogP contribution in [0.3, 0.4) is 0 Å². The van der Waals surface area contributed by atoms with E-state index in [-0.39, 0.29) is 0 Å². The van der Waals surface area contributed by atoms with Crippen LogP contribution in [-0.2, 0) is 0 Å². The number of hydrogen-bond acceptors (Lipinski definition) is 1. The zero-order valence-corrected chi connectivity index (χ0v) is 4.76. The molecular formula is C7H5N2. The lowest BCUT2D eigenvalue weighted by atomic mass is 10.2. The van der Waals surface area contributed by atoms with E-state index in [1.807, 2.05) is 12.3 Å². The molecule has 2 nitrogen and oxygen atoms in total. The van der Waals surface area contributed by atoms with Crippen LogP contribution < -0.4 is 0 Å². The lowest BCUT2D eigenvalue weighted by Crippen LogP contribution is -1.75. The van der Waals surface area contributed by atoms with Crippen molar-refractivity contribution in [3.8, 4) is 11.3 Å². The fourth-order valence-electron chi connectivity index (χ4n) is 0.823. The Morgan fingerprint density at radius 3 is 3.33 bits per heavy atom. The second-order valence-electron chi connectivity index (χ2n) is 1.88. The number of nitrogens with one attached hydrogen (secondary N) is 1. The second-order valence-corrected chi connectivity index (χ2v) is 1.88. The summed E-state index contributed by atoms with van der Waals surface area (Å²) >= 11 is 0.